The highest BCUT2D eigenvalue weighted by molar-refractivity contribution is 6.20. The van der Waals surface area contributed by atoms with E-state index in [1.54, 1.807) is 0 Å². The van der Waals surface area contributed by atoms with Crippen LogP contribution in [0.1, 0.15) is 10.9 Å². The normalized spacial score (nSPS) is 13.0. The summed E-state index contributed by atoms with van der Waals surface area (Å²) in [6.07, 6.45) is 0. The molecule has 0 bridgehead atoms. The molecule has 0 saturated heterocycles. The SMILES string of the molecule is NC[C@@H](Cl)c1ccccc1. The molecule has 0 radical (unpaired) electrons. The van der Waals surface area contributed by atoms with Crippen LogP contribution in [0.25, 0.3) is 0 Å². The van der Waals surface area contributed by atoms with Crippen molar-refractivity contribution in [1.82, 2.24) is 0 Å². The molecule has 1 rings (SSSR count). The molecule has 0 aliphatic rings. The van der Waals surface area contributed by atoms with E-state index in [1.165, 1.54) is 0 Å². The molecule has 0 fully saturated rings. The summed E-state index contributed by atoms with van der Waals surface area (Å²) in [4.78, 5) is 0. The summed E-state index contributed by atoms with van der Waals surface area (Å²) in [6.45, 7) is 0.492. The van der Waals surface area contributed by atoms with Crippen LogP contribution in [0.3, 0.4) is 0 Å². The lowest BCUT2D eigenvalue weighted by molar-refractivity contribution is 0.930. The molecule has 1 aromatic rings. The minimum Gasteiger partial charge on any atom is -0.329 e. The molecular weight excluding hydrogens is 146 g/mol. The van der Waals surface area contributed by atoms with E-state index < -0.39 is 0 Å². The molecule has 10 heavy (non-hydrogen) atoms. The molecular formula is C8H10ClN. The van der Waals surface area contributed by atoms with E-state index in [0.29, 0.717) is 6.54 Å². The van der Waals surface area contributed by atoms with E-state index in [1.807, 2.05) is 30.3 Å². The van der Waals surface area contributed by atoms with Crippen LogP contribution in [0.5, 0.6) is 0 Å². The Hall–Kier alpha value is -0.530. The summed E-state index contributed by atoms with van der Waals surface area (Å²) < 4.78 is 0. The molecule has 2 N–H and O–H groups in total. The lowest BCUT2D eigenvalue weighted by Crippen LogP contribution is -2.06. The van der Waals surface area contributed by atoms with Crippen LogP contribution in [-0.2, 0) is 0 Å². The minimum atomic E-state index is -0.0406. The summed E-state index contributed by atoms with van der Waals surface area (Å²) in [7, 11) is 0. The molecule has 1 aromatic carbocycles. The van der Waals surface area contributed by atoms with Crippen molar-refractivity contribution in [1.29, 1.82) is 0 Å². The number of hydrogen-bond acceptors (Lipinski definition) is 1. The van der Waals surface area contributed by atoms with Gasteiger partial charge in [-0.3, -0.25) is 0 Å². The topological polar surface area (TPSA) is 26.0 Å². The van der Waals surface area contributed by atoms with Crippen LogP contribution in [-0.4, -0.2) is 6.54 Å². The zero-order chi connectivity index (χ0) is 7.40. The van der Waals surface area contributed by atoms with Crippen molar-refractivity contribution in [2.24, 2.45) is 5.73 Å². The van der Waals surface area contributed by atoms with Crippen LogP contribution < -0.4 is 5.73 Å². The number of rotatable bonds is 2. The van der Waals surface area contributed by atoms with E-state index in [4.69, 9.17) is 17.3 Å². The van der Waals surface area contributed by atoms with Gasteiger partial charge in [0.1, 0.15) is 0 Å². The molecule has 54 valence electrons. The largest absolute Gasteiger partial charge is 0.329 e. The predicted octanol–water partition coefficient (Wildman–Crippen LogP) is 1.93. The van der Waals surface area contributed by atoms with E-state index >= 15 is 0 Å². The zero-order valence-corrected chi connectivity index (χ0v) is 6.38. The fourth-order valence-corrected chi connectivity index (χ4v) is 0.943. The molecule has 0 spiro atoms. The molecule has 1 atom stereocenters. The molecule has 1 nitrogen and oxygen atoms in total. The Labute approximate surface area is 65.8 Å². The third-order valence-electron chi connectivity index (χ3n) is 1.37. The Balaban J connectivity index is 2.75. The van der Waals surface area contributed by atoms with Crippen molar-refractivity contribution in [3.8, 4) is 0 Å². The van der Waals surface area contributed by atoms with Crippen molar-refractivity contribution in [3.63, 3.8) is 0 Å². The average molecular weight is 156 g/mol. The third-order valence-corrected chi connectivity index (χ3v) is 1.80. The van der Waals surface area contributed by atoms with Gasteiger partial charge in [0, 0.05) is 6.54 Å². The van der Waals surface area contributed by atoms with Gasteiger partial charge in [0.15, 0.2) is 0 Å². The molecule has 0 unspecified atom stereocenters. The Morgan fingerprint density at radius 1 is 1.30 bits per heavy atom. The highest BCUT2D eigenvalue weighted by atomic mass is 35.5. The molecule has 0 aromatic heterocycles. The van der Waals surface area contributed by atoms with E-state index in [2.05, 4.69) is 0 Å². The average Bonchev–Trinajstić information content (AvgIpc) is 2.05. The monoisotopic (exact) mass is 155 g/mol. The van der Waals surface area contributed by atoms with Gasteiger partial charge in [-0.05, 0) is 5.56 Å². The first-order valence-corrected chi connectivity index (χ1v) is 3.67. The van der Waals surface area contributed by atoms with Crippen molar-refractivity contribution in [2.45, 2.75) is 5.38 Å². The maximum Gasteiger partial charge on any atom is 0.0707 e. The summed E-state index contributed by atoms with van der Waals surface area (Å²) >= 11 is 5.87. The van der Waals surface area contributed by atoms with Crippen LogP contribution in [0.2, 0.25) is 0 Å². The van der Waals surface area contributed by atoms with Crippen molar-refractivity contribution in [2.75, 3.05) is 6.54 Å². The van der Waals surface area contributed by atoms with Gasteiger partial charge in [-0.15, -0.1) is 11.6 Å². The summed E-state index contributed by atoms with van der Waals surface area (Å²) in [6, 6.07) is 9.83. The van der Waals surface area contributed by atoms with E-state index in [9.17, 15) is 0 Å². The first kappa shape index (κ1) is 7.58. The molecule has 2 heteroatoms. The number of benzene rings is 1. The molecule has 0 amide bonds. The van der Waals surface area contributed by atoms with Gasteiger partial charge in [-0.25, -0.2) is 0 Å². The smallest absolute Gasteiger partial charge is 0.0707 e. The lowest BCUT2D eigenvalue weighted by Gasteiger charge is -2.04. The second-order valence-electron chi connectivity index (χ2n) is 2.11. The molecule has 0 aliphatic carbocycles. The Bertz CT molecular complexity index is 186. The highest BCUT2D eigenvalue weighted by Gasteiger charge is 2.01. The van der Waals surface area contributed by atoms with Gasteiger partial charge in [0.25, 0.3) is 0 Å². The summed E-state index contributed by atoms with van der Waals surface area (Å²) in [5.74, 6) is 0. The van der Waals surface area contributed by atoms with Crippen molar-refractivity contribution >= 4 is 11.6 Å². The van der Waals surface area contributed by atoms with Crippen LogP contribution in [0, 0.1) is 0 Å². The van der Waals surface area contributed by atoms with Crippen molar-refractivity contribution in [3.05, 3.63) is 35.9 Å². The maximum atomic E-state index is 5.87. The quantitative estimate of drug-likeness (QED) is 0.649. The third kappa shape index (κ3) is 1.72. The maximum absolute atomic E-state index is 5.87. The number of nitrogens with two attached hydrogens (primary N) is 1. The van der Waals surface area contributed by atoms with Crippen LogP contribution >= 0.6 is 11.6 Å². The molecule has 0 saturated carbocycles. The summed E-state index contributed by atoms with van der Waals surface area (Å²) in [5, 5.41) is -0.0406. The fourth-order valence-electron chi connectivity index (χ4n) is 0.798. The summed E-state index contributed by atoms with van der Waals surface area (Å²) in [5.41, 5.74) is 6.46. The number of hydrogen-bond donors (Lipinski definition) is 1. The minimum absolute atomic E-state index is 0.0406. The van der Waals surface area contributed by atoms with Crippen LogP contribution in [0.15, 0.2) is 30.3 Å². The Morgan fingerprint density at radius 2 is 1.90 bits per heavy atom. The predicted molar refractivity (Wildman–Crippen MR) is 44.1 cm³/mol. The first-order valence-electron chi connectivity index (χ1n) is 3.23. The zero-order valence-electron chi connectivity index (χ0n) is 5.63. The Morgan fingerprint density at radius 3 is 2.40 bits per heavy atom. The second-order valence-corrected chi connectivity index (χ2v) is 2.64. The number of alkyl halides is 1. The van der Waals surface area contributed by atoms with Gasteiger partial charge in [-0.1, -0.05) is 30.3 Å². The van der Waals surface area contributed by atoms with Gasteiger partial charge in [-0.2, -0.15) is 0 Å². The highest BCUT2D eigenvalue weighted by Crippen LogP contribution is 2.17. The van der Waals surface area contributed by atoms with Gasteiger partial charge in [0.05, 0.1) is 5.38 Å². The van der Waals surface area contributed by atoms with Gasteiger partial charge in [0.2, 0.25) is 0 Å². The van der Waals surface area contributed by atoms with Gasteiger partial charge >= 0.3 is 0 Å². The molecule has 0 aliphatic heterocycles. The standard InChI is InChI=1S/C8H10ClN/c9-8(6-10)7-4-2-1-3-5-7/h1-5,8H,6,10H2/t8-/m1/s1. The van der Waals surface area contributed by atoms with Crippen LogP contribution in [0.4, 0.5) is 0 Å². The second kappa shape index (κ2) is 3.59. The fraction of sp³-hybridized carbons (Fsp3) is 0.250. The van der Waals surface area contributed by atoms with E-state index in [-0.39, 0.29) is 5.38 Å². The Kier molecular flexibility index (Phi) is 2.72. The lowest BCUT2D eigenvalue weighted by atomic mass is 10.1. The number of halogens is 1. The first-order chi connectivity index (χ1) is 4.84. The van der Waals surface area contributed by atoms with Crippen molar-refractivity contribution < 1.29 is 0 Å². The molecule has 0 heterocycles. The van der Waals surface area contributed by atoms with E-state index in [0.717, 1.165) is 5.56 Å². The van der Waals surface area contributed by atoms with Gasteiger partial charge < -0.3 is 5.73 Å².